The summed E-state index contributed by atoms with van der Waals surface area (Å²) in [6, 6.07) is 14.4. The number of hydrogen-bond acceptors (Lipinski definition) is 6. The van der Waals surface area contributed by atoms with E-state index in [1.165, 1.54) is 11.8 Å². The van der Waals surface area contributed by atoms with Crippen LogP contribution in [0.1, 0.15) is 33.3 Å². The number of aryl methyl sites for hydroxylation is 1. The molecule has 1 N–H and O–H groups in total. The van der Waals surface area contributed by atoms with Crippen LogP contribution in [0.15, 0.2) is 54.7 Å². The van der Waals surface area contributed by atoms with Gasteiger partial charge in [0.25, 0.3) is 5.91 Å². The number of carbonyl (C=O) groups is 2. The average molecular weight is 409 g/mol. The van der Waals surface area contributed by atoms with Crippen LogP contribution in [-0.2, 0) is 18.4 Å². The number of rotatable bonds is 8. The summed E-state index contributed by atoms with van der Waals surface area (Å²) in [5.41, 5.74) is 1.59. The lowest BCUT2D eigenvalue weighted by Gasteiger charge is -2.09. The van der Waals surface area contributed by atoms with Crippen molar-refractivity contribution >= 4 is 17.6 Å². The van der Waals surface area contributed by atoms with Gasteiger partial charge in [0.05, 0.1) is 19.4 Å². The molecule has 0 fully saturated rings. The maximum Gasteiger partial charge on any atom is 0.360 e. The number of hydrogen-bond donors (Lipinski definition) is 1. The van der Waals surface area contributed by atoms with Gasteiger partial charge in [0.2, 0.25) is 0 Å². The zero-order valence-corrected chi connectivity index (χ0v) is 17.0. The van der Waals surface area contributed by atoms with Gasteiger partial charge in [-0.1, -0.05) is 12.1 Å². The van der Waals surface area contributed by atoms with Crippen molar-refractivity contribution in [2.45, 2.75) is 13.5 Å². The molecule has 8 heteroatoms. The van der Waals surface area contributed by atoms with E-state index in [1.807, 2.05) is 37.3 Å². The molecule has 0 aliphatic heterocycles. The van der Waals surface area contributed by atoms with Crippen molar-refractivity contribution in [2.75, 3.05) is 19.0 Å². The van der Waals surface area contributed by atoms with Gasteiger partial charge in [-0.15, -0.1) is 0 Å². The van der Waals surface area contributed by atoms with Crippen molar-refractivity contribution in [2.24, 2.45) is 7.05 Å². The highest BCUT2D eigenvalue weighted by atomic mass is 16.5. The third kappa shape index (κ3) is 5.16. The van der Waals surface area contributed by atoms with Gasteiger partial charge in [0.15, 0.2) is 5.69 Å². The van der Waals surface area contributed by atoms with Crippen LogP contribution in [0.3, 0.4) is 0 Å². The Morgan fingerprint density at radius 1 is 1.07 bits per heavy atom. The molecule has 3 aromatic rings. The molecule has 2 aromatic carbocycles. The van der Waals surface area contributed by atoms with Crippen molar-refractivity contribution in [1.82, 2.24) is 9.78 Å². The second kappa shape index (κ2) is 9.60. The van der Waals surface area contributed by atoms with Gasteiger partial charge >= 0.3 is 5.97 Å². The van der Waals surface area contributed by atoms with Crippen LogP contribution in [0.2, 0.25) is 0 Å². The van der Waals surface area contributed by atoms with Gasteiger partial charge in [-0.05, 0) is 48.9 Å². The molecular weight excluding hydrogens is 386 g/mol. The summed E-state index contributed by atoms with van der Waals surface area (Å²) in [4.78, 5) is 24.5. The topological polar surface area (TPSA) is 91.7 Å². The Morgan fingerprint density at radius 3 is 2.43 bits per heavy atom. The fourth-order valence-corrected chi connectivity index (χ4v) is 2.79. The van der Waals surface area contributed by atoms with Gasteiger partial charge in [-0.2, -0.15) is 5.10 Å². The summed E-state index contributed by atoms with van der Waals surface area (Å²) in [6.07, 6.45) is 1.54. The van der Waals surface area contributed by atoms with Gasteiger partial charge < -0.3 is 19.5 Å². The second-order valence-corrected chi connectivity index (χ2v) is 6.40. The van der Waals surface area contributed by atoms with Crippen molar-refractivity contribution < 1.29 is 23.8 Å². The molecule has 0 unspecified atom stereocenters. The minimum atomic E-state index is -0.622. The van der Waals surface area contributed by atoms with Crippen molar-refractivity contribution in [1.29, 1.82) is 0 Å². The van der Waals surface area contributed by atoms with Crippen LogP contribution in [0.25, 0.3) is 0 Å². The standard InChI is InChI=1S/C22H23N3O5/c1-4-29-17-8-10-18(11-9-17)30-14-15-6-5-7-16(12-15)21(26)23-19-13-25(2)24-20(19)22(27)28-3/h5-13H,4,14H2,1-3H3,(H,23,26). The van der Waals surface area contributed by atoms with E-state index >= 15 is 0 Å². The molecule has 0 aliphatic rings. The Hall–Kier alpha value is -3.81. The highest BCUT2D eigenvalue weighted by Gasteiger charge is 2.19. The van der Waals surface area contributed by atoms with Gasteiger partial charge in [-0.25, -0.2) is 4.79 Å². The normalized spacial score (nSPS) is 10.4. The van der Waals surface area contributed by atoms with Crippen LogP contribution in [-0.4, -0.2) is 35.4 Å². The maximum absolute atomic E-state index is 12.7. The minimum absolute atomic E-state index is 0.0448. The number of methoxy groups -OCH3 is 1. The molecule has 3 rings (SSSR count). The molecule has 0 aliphatic carbocycles. The van der Waals surface area contributed by atoms with Crippen LogP contribution in [0, 0.1) is 0 Å². The third-order valence-electron chi connectivity index (χ3n) is 4.19. The molecular formula is C22H23N3O5. The molecule has 30 heavy (non-hydrogen) atoms. The smallest absolute Gasteiger partial charge is 0.360 e. The highest BCUT2D eigenvalue weighted by molar-refractivity contribution is 6.07. The van der Waals surface area contributed by atoms with Crippen LogP contribution in [0.5, 0.6) is 11.5 Å². The summed E-state index contributed by atoms with van der Waals surface area (Å²) in [7, 11) is 2.91. The Kier molecular flexibility index (Phi) is 6.69. The van der Waals surface area contributed by atoms with Crippen molar-refractivity contribution in [3.05, 3.63) is 71.5 Å². The van der Waals surface area contributed by atoms with E-state index in [4.69, 9.17) is 14.2 Å². The van der Waals surface area contributed by atoms with E-state index in [0.717, 1.165) is 11.3 Å². The number of ether oxygens (including phenoxy) is 3. The summed E-state index contributed by atoms with van der Waals surface area (Å²) in [6.45, 7) is 2.84. The number of anilines is 1. The van der Waals surface area contributed by atoms with Gasteiger partial charge in [0, 0.05) is 18.8 Å². The summed E-state index contributed by atoms with van der Waals surface area (Å²) in [5, 5.41) is 6.73. The zero-order valence-electron chi connectivity index (χ0n) is 17.0. The van der Waals surface area contributed by atoms with Crippen molar-refractivity contribution in [3.8, 4) is 11.5 Å². The highest BCUT2D eigenvalue weighted by Crippen LogP contribution is 2.20. The van der Waals surface area contributed by atoms with E-state index in [2.05, 4.69) is 10.4 Å². The number of nitrogens with one attached hydrogen (secondary N) is 1. The molecule has 0 radical (unpaired) electrons. The summed E-state index contributed by atoms with van der Waals surface area (Å²) < 4.78 is 17.3. The lowest BCUT2D eigenvalue weighted by atomic mass is 10.1. The summed E-state index contributed by atoms with van der Waals surface area (Å²) >= 11 is 0. The minimum Gasteiger partial charge on any atom is -0.494 e. The monoisotopic (exact) mass is 409 g/mol. The van der Waals surface area contributed by atoms with Gasteiger partial charge in [-0.3, -0.25) is 9.48 Å². The Bertz CT molecular complexity index is 1030. The molecule has 1 heterocycles. The number of esters is 1. The first-order valence-electron chi connectivity index (χ1n) is 9.38. The number of nitrogens with zero attached hydrogens (tertiary/aromatic N) is 2. The van der Waals surface area contributed by atoms with Crippen molar-refractivity contribution in [3.63, 3.8) is 0 Å². The predicted octanol–water partition coefficient (Wildman–Crippen LogP) is 3.44. The van der Waals surface area contributed by atoms with Crippen LogP contribution in [0.4, 0.5) is 5.69 Å². The van der Waals surface area contributed by atoms with Crippen LogP contribution >= 0.6 is 0 Å². The first kappa shape index (κ1) is 20.9. The quantitative estimate of drug-likeness (QED) is 0.573. The second-order valence-electron chi connectivity index (χ2n) is 6.40. The van der Waals surface area contributed by atoms with E-state index in [-0.39, 0.29) is 17.3 Å². The lowest BCUT2D eigenvalue weighted by Crippen LogP contribution is -2.15. The molecule has 1 amide bonds. The molecule has 156 valence electrons. The Labute approximate surface area is 174 Å². The summed E-state index contributed by atoms with van der Waals surface area (Å²) in [5.74, 6) is 0.496. The lowest BCUT2D eigenvalue weighted by molar-refractivity contribution is 0.0594. The van der Waals surface area contributed by atoms with E-state index in [0.29, 0.717) is 24.5 Å². The molecule has 0 spiro atoms. The Morgan fingerprint density at radius 2 is 1.77 bits per heavy atom. The predicted molar refractivity (Wildman–Crippen MR) is 111 cm³/mol. The average Bonchev–Trinajstić information content (AvgIpc) is 3.13. The first-order valence-corrected chi connectivity index (χ1v) is 9.38. The largest absolute Gasteiger partial charge is 0.494 e. The maximum atomic E-state index is 12.7. The molecule has 1 aromatic heterocycles. The molecule has 0 saturated heterocycles. The third-order valence-corrected chi connectivity index (χ3v) is 4.19. The molecule has 0 bridgehead atoms. The van der Waals surface area contributed by atoms with Gasteiger partial charge in [0.1, 0.15) is 18.1 Å². The van der Waals surface area contributed by atoms with E-state index < -0.39 is 5.97 Å². The first-order chi connectivity index (χ1) is 14.5. The number of carbonyl (C=O) groups excluding carboxylic acids is 2. The fraction of sp³-hybridized carbons (Fsp3) is 0.227. The number of benzene rings is 2. The molecule has 0 saturated carbocycles. The van der Waals surface area contributed by atoms with Crippen LogP contribution < -0.4 is 14.8 Å². The van der Waals surface area contributed by atoms with E-state index in [9.17, 15) is 9.59 Å². The fourth-order valence-electron chi connectivity index (χ4n) is 2.79. The SMILES string of the molecule is CCOc1ccc(OCc2cccc(C(=O)Nc3cn(C)nc3C(=O)OC)c2)cc1. The Balaban J connectivity index is 1.66. The molecule has 8 nitrogen and oxygen atoms in total. The van der Waals surface area contributed by atoms with E-state index in [1.54, 1.807) is 31.4 Å². The number of amides is 1. The zero-order chi connectivity index (χ0) is 21.5. The number of aromatic nitrogens is 2. The molecule has 0 atom stereocenters.